The fourth-order valence-corrected chi connectivity index (χ4v) is 3.31. The summed E-state index contributed by atoms with van der Waals surface area (Å²) >= 11 is 0. The summed E-state index contributed by atoms with van der Waals surface area (Å²) in [5, 5.41) is 0.986. The summed E-state index contributed by atoms with van der Waals surface area (Å²) < 4.78 is 16.5. The molecule has 1 aromatic heterocycles. The summed E-state index contributed by atoms with van der Waals surface area (Å²) in [7, 11) is -1.94. The van der Waals surface area contributed by atoms with Crippen molar-refractivity contribution in [1.82, 2.24) is 4.98 Å². The van der Waals surface area contributed by atoms with Gasteiger partial charge in [-0.05, 0) is 30.7 Å². The van der Waals surface area contributed by atoms with Gasteiger partial charge in [0.05, 0.1) is 20.9 Å². The van der Waals surface area contributed by atoms with Gasteiger partial charge < -0.3 is 0 Å². The summed E-state index contributed by atoms with van der Waals surface area (Å²) in [6, 6.07) is 9.63. The number of benzene rings is 1. The van der Waals surface area contributed by atoms with Crippen molar-refractivity contribution >= 4 is 26.3 Å². The molecule has 1 aromatic carbocycles. The van der Waals surface area contributed by atoms with Crippen LogP contribution >= 0.6 is 0 Å². The first kappa shape index (κ1) is 9.78. The number of aromatic nitrogens is 1. The predicted octanol–water partition coefficient (Wildman–Crippen LogP) is 2.74. The second-order valence-electron chi connectivity index (χ2n) is 3.97. The number of hydrogen-bond acceptors (Lipinski definition) is 3. The summed E-state index contributed by atoms with van der Waals surface area (Å²) in [5.41, 5.74) is 1.72. The van der Waals surface area contributed by atoms with Crippen molar-refractivity contribution < 1.29 is 4.21 Å². The van der Waals surface area contributed by atoms with E-state index in [1.54, 1.807) is 6.20 Å². The Morgan fingerprint density at radius 3 is 2.81 bits per heavy atom. The van der Waals surface area contributed by atoms with Crippen LogP contribution in [0, 0.1) is 0 Å². The van der Waals surface area contributed by atoms with Gasteiger partial charge in [-0.3, -0.25) is 4.98 Å². The van der Waals surface area contributed by atoms with Gasteiger partial charge in [-0.25, -0.2) is 4.21 Å². The fraction of sp³-hybridized carbons (Fsp3) is 0.250. The van der Waals surface area contributed by atoms with E-state index in [1.807, 2.05) is 30.3 Å². The number of fused-ring (bicyclic) bond motifs is 1. The fourth-order valence-electron chi connectivity index (χ4n) is 1.83. The maximum absolute atomic E-state index is 12.1. The van der Waals surface area contributed by atoms with Crippen LogP contribution in [0.3, 0.4) is 0 Å². The minimum absolute atomic E-state index is 0.740. The summed E-state index contributed by atoms with van der Waals surface area (Å²) in [6.45, 7) is 0. The highest BCUT2D eigenvalue weighted by Gasteiger charge is 2.19. The van der Waals surface area contributed by atoms with E-state index in [-0.39, 0.29) is 0 Å². The number of rotatable bonds is 1. The molecule has 16 heavy (non-hydrogen) atoms. The Kier molecular flexibility index (Phi) is 2.17. The molecule has 0 N–H and O–H groups in total. The van der Waals surface area contributed by atoms with Crippen molar-refractivity contribution in [1.29, 1.82) is 0 Å². The van der Waals surface area contributed by atoms with Gasteiger partial charge in [-0.1, -0.05) is 6.07 Å². The van der Waals surface area contributed by atoms with E-state index in [0.29, 0.717) is 0 Å². The molecule has 3 nitrogen and oxygen atoms in total. The summed E-state index contributed by atoms with van der Waals surface area (Å²) in [6.07, 6.45) is 2.79. The molecule has 0 bridgehead atoms. The minimum Gasteiger partial charge on any atom is -0.256 e. The molecule has 1 fully saturated rings. The van der Waals surface area contributed by atoms with Crippen LogP contribution in [0.4, 0.5) is 5.69 Å². The molecule has 4 heteroatoms. The molecule has 0 amide bonds. The van der Waals surface area contributed by atoms with Crippen LogP contribution in [-0.2, 0) is 9.73 Å². The zero-order valence-electron chi connectivity index (χ0n) is 8.80. The van der Waals surface area contributed by atoms with Gasteiger partial charge in [0.15, 0.2) is 0 Å². The van der Waals surface area contributed by atoms with Crippen LogP contribution in [0.25, 0.3) is 10.9 Å². The van der Waals surface area contributed by atoms with Crippen LogP contribution in [0.2, 0.25) is 0 Å². The third-order valence-corrected chi connectivity index (χ3v) is 5.20. The average molecular weight is 232 g/mol. The second-order valence-corrected chi connectivity index (χ2v) is 6.52. The van der Waals surface area contributed by atoms with Gasteiger partial charge in [0.25, 0.3) is 0 Å². The standard InChI is InChI=1S/C12H12N2OS/c15-16(8-3-9-16)14-12-6-1-5-11-10(12)4-2-7-13-11/h1-2,4-7H,3,8-9H2. The molecule has 0 saturated carbocycles. The van der Waals surface area contributed by atoms with E-state index >= 15 is 0 Å². The Labute approximate surface area is 94.7 Å². The van der Waals surface area contributed by atoms with Crippen molar-refractivity contribution in [3.63, 3.8) is 0 Å². The first-order valence-electron chi connectivity index (χ1n) is 5.33. The van der Waals surface area contributed by atoms with Crippen LogP contribution in [0.1, 0.15) is 6.42 Å². The van der Waals surface area contributed by atoms with Crippen molar-refractivity contribution in [2.45, 2.75) is 6.42 Å². The smallest absolute Gasteiger partial charge is 0.0824 e. The molecule has 0 atom stereocenters. The van der Waals surface area contributed by atoms with E-state index in [9.17, 15) is 4.21 Å². The number of pyridine rings is 1. The highest BCUT2D eigenvalue weighted by Crippen LogP contribution is 2.28. The van der Waals surface area contributed by atoms with Crippen LogP contribution < -0.4 is 0 Å². The van der Waals surface area contributed by atoms with Gasteiger partial charge in [0.1, 0.15) is 0 Å². The monoisotopic (exact) mass is 232 g/mol. The molecular formula is C12H12N2OS. The first-order valence-corrected chi connectivity index (χ1v) is 7.18. The third kappa shape index (κ3) is 1.59. The summed E-state index contributed by atoms with van der Waals surface area (Å²) in [5.74, 6) is 1.48. The number of hydrogen-bond donors (Lipinski definition) is 0. The molecule has 0 spiro atoms. The molecule has 1 saturated heterocycles. The maximum Gasteiger partial charge on any atom is 0.0824 e. The molecular weight excluding hydrogens is 220 g/mol. The number of nitrogens with zero attached hydrogens (tertiary/aromatic N) is 2. The van der Waals surface area contributed by atoms with Crippen molar-refractivity contribution in [2.75, 3.05) is 11.5 Å². The van der Waals surface area contributed by atoms with E-state index < -0.39 is 9.73 Å². The van der Waals surface area contributed by atoms with Crippen molar-refractivity contribution in [3.8, 4) is 0 Å². The lowest BCUT2D eigenvalue weighted by Gasteiger charge is -2.18. The zero-order valence-corrected chi connectivity index (χ0v) is 9.61. The van der Waals surface area contributed by atoms with Gasteiger partial charge >= 0.3 is 0 Å². The molecule has 82 valence electrons. The van der Waals surface area contributed by atoms with Gasteiger partial charge in [-0.15, -0.1) is 0 Å². The van der Waals surface area contributed by atoms with E-state index in [4.69, 9.17) is 0 Å². The lowest BCUT2D eigenvalue weighted by Crippen LogP contribution is -2.22. The Bertz CT molecular complexity index is 642. The lowest BCUT2D eigenvalue weighted by molar-refractivity contribution is 0.663. The molecule has 2 aromatic rings. The molecule has 0 aliphatic carbocycles. The Morgan fingerprint density at radius 1 is 1.19 bits per heavy atom. The van der Waals surface area contributed by atoms with E-state index in [2.05, 4.69) is 9.35 Å². The van der Waals surface area contributed by atoms with Gasteiger partial charge in [0, 0.05) is 23.1 Å². The van der Waals surface area contributed by atoms with Crippen LogP contribution in [-0.4, -0.2) is 20.7 Å². The molecule has 1 aliphatic heterocycles. The Hall–Kier alpha value is -1.42. The zero-order chi connectivity index (χ0) is 11.0. The molecule has 3 rings (SSSR count). The van der Waals surface area contributed by atoms with E-state index in [1.165, 1.54) is 0 Å². The molecule has 0 unspecified atom stereocenters. The van der Waals surface area contributed by atoms with Crippen molar-refractivity contribution in [3.05, 3.63) is 36.5 Å². The SMILES string of the molecule is O=S1(=Nc2cccc3ncccc23)CCC1. The first-order chi connectivity index (χ1) is 7.77. The Balaban J connectivity index is 2.24. The van der Waals surface area contributed by atoms with Gasteiger partial charge in [0.2, 0.25) is 0 Å². The maximum atomic E-state index is 12.1. The van der Waals surface area contributed by atoms with Gasteiger partial charge in [-0.2, -0.15) is 4.36 Å². The largest absolute Gasteiger partial charge is 0.256 e. The minimum atomic E-state index is -1.94. The third-order valence-electron chi connectivity index (χ3n) is 2.81. The summed E-state index contributed by atoms with van der Waals surface area (Å²) in [4.78, 5) is 4.26. The molecule has 1 aliphatic rings. The molecule has 0 radical (unpaired) electrons. The van der Waals surface area contributed by atoms with Crippen molar-refractivity contribution in [2.24, 2.45) is 4.36 Å². The quantitative estimate of drug-likeness (QED) is 0.758. The average Bonchev–Trinajstić information content (AvgIpc) is 2.27. The van der Waals surface area contributed by atoms with Crippen LogP contribution in [0.5, 0.6) is 0 Å². The van der Waals surface area contributed by atoms with E-state index in [0.717, 1.165) is 34.5 Å². The predicted molar refractivity (Wildman–Crippen MR) is 66.3 cm³/mol. The topological polar surface area (TPSA) is 42.3 Å². The highest BCUT2D eigenvalue weighted by atomic mass is 32.2. The Morgan fingerprint density at radius 2 is 2.06 bits per heavy atom. The lowest BCUT2D eigenvalue weighted by atomic mass is 10.2. The molecule has 2 heterocycles. The van der Waals surface area contributed by atoms with Crippen LogP contribution in [0.15, 0.2) is 40.9 Å². The second kappa shape index (κ2) is 3.56. The highest BCUT2D eigenvalue weighted by molar-refractivity contribution is 7.95. The normalized spacial score (nSPS) is 18.0.